The van der Waals surface area contributed by atoms with Crippen molar-refractivity contribution in [3.8, 4) is 5.75 Å². The van der Waals surface area contributed by atoms with Crippen LogP contribution in [0.4, 0.5) is 0 Å². The summed E-state index contributed by atoms with van der Waals surface area (Å²) in [5, 5.41) is 9.55. The lowest BCUT2D eigenvalue weighted by Crippen LogP contribution is -2.48. The zero-order valence-electron chi connectivity index (χ0n) is 12.6. The van der Waals surface area contributed by atoms with Crippen LogP contribution >= 0.6 is 0 Å². The maximum atomic E-state index is 11.6. The largest absolute Gasteiger partial charge is 0.496 e. The fraction of sp³-hybridized carbons (Fsp3) is 0.562. The molecule has 110 valence electrons. The minimum Gasteiger partial charge on any atom is -0.496 e. The molecule has 1 aliphatic rings. The van der Waals surface area contributed by atoms with Crippen LogP contribution in [-0.4, -0.2) is 35.2 Å². The van der Waals surface area contributed by atoms with Gasteiger partial charge in [-0.3, -0.25) is 9.69 Å². The summed E-state index contributed by atoms with van der Waals surface area (Å²) in [6.07, 6.45) is 1.61. The Hall–Kier alpha value is -1.55. The number of methoxy groups -OCH3 is 1. The maximum absolute atomic E-state index is 11.6. The van der Waals surface area contributed by atoms with E-state index in [-0.39, 0.29) is 6.04 Å². The number of carbonyl (C=O) groups is 1. The number of rotatable bonds is 4. The minimum absolute atomic E-state index is 0.0217. The number of likely N-dealkylation sites (tertiary alicyclic amines) is 1. The Bertz CT molecular complexity index is 514. The summed E-state index contributed by atoms with van der Waals surface area (Å²) >= 11 is 0. The lowest BCUT2D eigenvalue weighted by atomic mass is 9.95. The van der Waals surface area contributed by atoms with Crippen LogP contribution in [0.3, 0.4) is 0 Å². The van der Waals surface area contributed by atoms with Gasteiger partial charge in [-0.25, -0.2) is 0 Å². The summed E-state index contributed by atoms with van der Waals surface area (Å²) in [5.74, 6) is 0.0798. The first kappa shape index (κ1) is 14.9. The van der Waals surface area contributed by atoms with Gasteiger partial charge in [-0.1, -0.05) is 17.7 Å². The third kappa shape index (κ3) is 2.40. The maximum Gasteiger partial charge on any atom is 0.323 e. The average Bonchev–Trinajstić information content (AvgIpc) is 2.81. The number of nitrogens with zero attached hydrogens (tertiary/aromatic N) is 1. The van der Waals surface area contributed by atoms with E-state index < -0.39 is 11.5 Å². The number of carboxylic acid groups (broad SMARTS) is 1. The van der Waals surface area contributed by atoms with Crippen molar-refractivity contribution in [3.05, 3.63) is 29.3 Å². The lowest BCUT2D eigenvalue weighted by Gasteiger charge is -2.36. The van der Waals surface area contributed by atoms with E-state index in [1.165, 1.54) is 0 Å². The third-order valence-corrected chi connectivity index (χ3v) is 4.46. The van der Waals surface area contributed by atoms with Crippen LogP contribution in [0.25, 0.3) is 0 Å². The zero-order valence-corrected chi connectivity index (χ0v) is 12.6. The molecule has 0 bridgehead atoms. The van der Waals surface area contributed by atoms with Crippen LogP contribution in [0.5, 0.6) is 5.75 Å². The third-order valence-electron chi connectivity index (χ3n) is 4.46. The zero-order chi connectivity index (χ0) is 14.9. The summed E-state index contributed by atoms with van der Waals surface area (Å²) in [4.78, 5) is 13.7. The van der Waals surface area contributed by atoms with Gasteiger partial charge in [0.05, 0.1) is 7.11 Å². The number of hydrogen-bond donors (Lipinski definition) is 1. The van der Waals surface area contributed by atoms with E-state index in [0.717, 1.165) is 29.8 Å². The molecular weight excluding hydrogens is 254 g/mol. The van der Waals surface area contributed by atoms with Crippen molar-refractivity contribution < 1.29 is 14.6 Å². The summed E-state index contributed by atoms with van der Waals surface area (Å²) in [5.41, 5.74) is 1.43. The van der Waals surface area contributed by atoms with E-state index in [2.05, 4.69) is 17.9 Å². The van der Waals surface area contributed by atoms with Crippen LogP contribution in [-0.2, 0) is 4.79 Å². The van der Waals surface area contributed by atoms with Gasteiger partial charge in [0.2, 0.25) is 0 Å². The smallest absolute Gasteiger partial charge is 0.323 e. The Morgan fingerprint density at radius 2 is 2.20 bits per heavy atom. The molecule has 0 spiro atoms. The molecule has 1 saturated heterocycles. The number of carboxylic acids is 1. The van der Waals surface area contributed by atoms with Gasteiger partial charge in [0.1, 0.15) is 11.3 Å². The molecule has 0 aliphatic carbocycles. The molecule has 0 saturated carbocycles. The van der Waals surface area contributed by atoms with Crippen molar-refractivity contribution in [3.63, 3.8) is 0 Å². The molecule has 1 aromatic rings. The van der Waals surface area contributed by atoms with E-state index >= 15 is 0 Å². The molecular formula is C16H23NO3. The first-order chi connectivity index (χ1) is 9.40. The van der Waals surface area contributed by atoms with Crippen LogP contribution in [0, 0.1) is 6.92 Å². The molecule has 4 heteroatoms. The summed E-state index contributed by atoms with van der Waals surface area (Å²) in [6.45, 7) is 6.72. The van der Waals surface area contributed by atoms with Crippen molar-refractivity contribution in [2.45, 2.75) is 45.2 Å². The molecule has 2 atom stereocenters. The predicted octanol–water partition coefficient (Wildman–Crippen LogP) is 3.00. The first-order valence-corrected chi connectivity index (χ1v) is 7.05. The Morgan fingerprint density at radius 3 is 2.80 bits per heavy atom. The molecule has 2 unspecified atom stereocenters. The van der Waals surface area contributed by atoms with E-state index in [0.29, 0.717) is 6.42 Å². The highest BCUT2D eigenvalue weighted by Gasteiger charge is 2.45. The summed E-state index contributed by atoms with van der Waals surface area (Å²) in [6, 6.07) is 6.07. The molecule has 1 aliphatic heterocycles. The Balaban J connectivity index is 2.38. The van der Waals surface area contributed by atoms with Gasteiger partial charge in [0.25, 0.3) is 0 Å². The molecule has 1 heterocycles. The molecule has 0 aromatic heterocycles. The fourth-order valence-electron chi connectivity index (χ4n) is 3.18. The average molecular weight is 277 g/mol. The number of aryl methyl sites for hydroxylation is 1. The van der Waals surface area contributed by atoms with Crippen molar-refractivity contribution in [2.75, 3.05) is 13.7 Å². The second-order valence-electron chi connectivity index (χ2n) is 5.80. The van der Waals surface area contributed by atoms with Crippen molar-refractivity contribution in [1.29, 1.82) is 0 Å². The van der Waals surface area contributed by atoms with Crippen LogP contribution in [0.1, 0.15) is 43.9 Å². The van der Waals surface area contributed by atoms with E-state index in [4.69, 9.17) is 4.74 Å². The molecule has 2 rings (SSSR count). The molecule has 1 aromatic carbocycles. The van der Waals surface area contributed by atoms with E-state index in [1.807, 2.05) is 26.0 Å². The number of aliphatic carboxylic acids is 1. The monoisotopic (exact) mass is 277 g/mol. The molecule has 0 radical (unpaired) electrons. The lowest BCUT2D eigenvalue weighted by molar-refractivity contribution is -0.149. The van der Waals surface area contributed by atoms with Crippen molar-refractivity contribution >= 4 is 5.97 Å². The second kappa shape index (κ2) is 5.44. The van der Waals surface area contributed by atoms with Crippen LogP contribution in [0.15, 0.2) is 18.2 Å². The second-order valence-corrected chi connectivity index (χ2v) is 5.80. The quantitative estimate of drug-likeness (QED) is 0.919. The Morgan fingerprint density at radius 1 is 1.50 bits per heavy atom. The Kier molecular flexibility index (Phi) is 4.04. The topological polar surface area (TPSA) is 49.8 Å². The van der Waals surface area contributed by atoms with Crippen LogP contribution < -0.4 is 4.74 Å². The normalized spacial score (nSPS) is 24.6. The highest BCUT2D eigenvalue weighted by atomic mass is 16.5. The highest BCUT2D eigenvalue weighted by molar-refractivity contribution is 5.78. The van der Waals surface area contributed by atoms with Crippen molar-refractivity contribution in [1.82, 2.24) is 4.90 Å². The van der Waals surface area contributed by atoms with Gasteiger partial charge in [-0.05, 0) is 46.2 Å². The minimum atomic E-state index is -0.784. The summed E-state index contributed by atoms with van der Waals surface area (Å²) < 4.78 is 5.44. The Labute approximate surface area is 120 Å². The molecule has 0 amide bonds. The molecule has 1 fully saturated rings. The molecule has 4 nitrogen and oxygen atoms in total. The first-order valence-electron chi connectivity index (χ1n) is 7.05. The van der Waals surface area contributed by atoms with E-state index in [9.17, 15) is 9.90 Å². The fourth-order valence-corrected chi connectivity index (χ4v) is 3.18. The van der Waals surface area contributed by atoms with Gasteiger partial charge in [-0.2, -0.15) is 0 Å². The van der Waals surface area contributed by atoms with Gasteiger partial charge >= 0.3 is 5.97 Å². The predicted molar refractivity (Wildman–Crippen MR) is 78.1 cm³/mol. The van der Waals surface area contributed by atoms with Gasteiger partial charge < -0.3 is 9.84 Å². The molecule has 1 N–H and O–H groups in total. The number of hydrogen-bond acceptors (Lipinski definition) is 3. The van der Waals surface area contributed by atoms with Gasteiger partial charge in [0.15, 0.2) is 0 Å². The molecule has 20 heavy (non-hydrogen) atoms. The van der Waals surface area contributed by atoms with Gasteiger partial charge in [0, 0.05) is 11.6 Å². The number of ether oxygens (including phenoxy) is 1. The number of benzene rings is 1. The van der Waals surface area contributed by atoms with Crippen molar-refractivity contribution in [2.24, 2.45) is 0 Å². The van der Waals surface area contributed by atoms with Crippen LogP contribution in [0.2, 0.25) is 0 Å². The standard InChI is InChI=1S/C16H23NO3/c1-11-6-7-14(20-4)13(10-11)12(2)17-9-5-8-16(17,3)15(18)19/h6-7,10,12H,5,8-9H2,1-4H3,(H,18,19). The highest BCUT2D eigenvalue weighted by Crippen LogP contribution is 2.39. The SMILES string of the molecule is COc1ccc(C)cc1C(C)N1CCCC1(C)C(=O)O. The summed E-state index contributed by atoms with van der Waals surface area (Å²) in [7, 11) is 1.65. The van der Waals surface area contributed by atoms with E-state index in [1.54, 1.807) is 7.11 Å². The van der Waals surface area contributed by atoms with Gasteiger partial charge in [-0.15, -0.1) is 0 Å².